The average Bonchev–Trinajstić information content (AvgIpc) is 2.21. The maximum atomic E-state index is 11.0. The van der Waals surface area contributed by atoms with Crippen LogP contribution in [0.15, 0.2) is 11.8 Å². The number of aliphatic carboxylic acids is 1. The highest BCUT2D eigenvalue weighted by atomic mass is 16.7. The van der Waals surface area contributed by atoms with Gasteiger partial charge in [-0.2, -0.15) is 0 Å². The van der Waals surface area contributed by atoms with E-state index in [2.05, 4.69) is 5.32 Å². The number of aliphatic hydroxyl groups excluding tert-OH is 1. The maximum absolute atomic E-state index is 11.0. The lowest BCUT2D eigenvalue weighted by Crippen LogP contribution is -2.54. The van der Waals surface area contributed by atoms with E-state index in [0.717, 1.165) is 6.08 Å². The van der Waals surface area contributed by atoms with Gasteiger partial charge in [-0.3, -0.25) is 4.79 Å². The summed E-state index contributed by atoms with van der Waals surface area (Å²) >= 11 is 0. The van der Waals surface area contributed by atoms with Gasteiger partial charge in [0.2, 0.25) is 18.0 Å². The van der Waals surface area contributed by atoms with Crippen LogP contribution in [0.2, 0.25) is 0 Å². The lowest BCUT2D eigenvalue weighted by atomic mass is 10.1. The zero-order valence-corrected chi connectivity index (χ0v) is 10.4. The van der Waals surface area contributed by atoms with Gasteiger partial charge in [-0.15, -0.1) is 0 Å². The lowest BCUT2D eigenvalue weighted by Gasteiger charge is -2.34. The molecule has 0 aromatic carbocycles. The van der Waals surface area contributed by atoms with Crippen LogP contribution in [0.3, 0.4) is 0 Å². The fraction of sp³-hybridized carbons (Fsp3) is 0.636. The molecule has 1 rings (SSSR count). The van der Waals surface area contributed by atoms with Crippen LogP contribution in [0.4, 0.5) is 0 Å². The molecule has 0 saturated carbocycles. The number of ether oxygens (including phenoxy) is 2. The van der Waals surface area contributed by atoms with E-state index in [-0.39, 0.29) is 12.0 Å². The summed E-state index contributed by atoms with van der Waals surface area (Å²) in [6.07, 6.45) is -1.44. The molecule has 0 saturated heterocycles. The molecule has 1 aliphatic heterocycles. The Hall–Kier alpha value is -1.60. The number of carboxylic acid groups (broad SMARTS) is 1. The number of nitrogens with one attached hydrogen (secondary N) is 1. The summed E-state index contributed by atoms with van der Waals surface area (Å²) in [5.41, 5.74) is 0. The predicted molar refractivity (Wildman–Crippen MR) is 60.4 cm³/mol. The number of amides is 1. The van der Waals surface area contributed by atoms with Gasteiger partial charge in [-0.1, -0.05) is 0 Å². The first kappa shape index (κ1) is 14.5. The molecular weight excluding hydrogens is 242 g/mol. The molecule has 1 amide bonds. The molecule has 0 aromatic rings. The summed E-state index contributed by atoms with van der Waals surface area (Å²) in [7, 11) is 0. The zero-order chi connectivity index (χ0) is 13.9. The Morgan fingerprint density at radius 1 is 1.50 bits per heavy atom. The molecular formula is C11H17NO6. The standard InChI is InChI=1S/C11H17NO6/c1-5(2)17-11-9(12-6(3)13)7(14)4-8(18-11)10(15)16/h4-5,7,9,11,14H,1-3H3,(H,12,13)(H,15,16)/t7-,9+,11+/m0/s1. The van der Waals surface area contributed by atoms with Crippen LogP contribution in [-0.2, 0) is 19.1 Å². The number of hydrogen-bond acceptors (Lipinski definition) is 5. The number of carbonyl (C=O) groups is 2. The highest BCUT2D eigenvalue weighted by Gasteiger charge is 2.37. The third-order valence-corrected chi connectivity index (χ3v) is 2.21. The first-order chi connectivity index (χ1) is 8.31. The van der Waals surface area contributed by atoms with Gasteiger partial charge in [0.25, 0.3) is 0 Å². The summed E-state index contributed by atoms with van der Waals surface area (Å²) in [6.45, 7) is 4.76. The van der Waals surface area contributed by atoms with E-state index in [1.54, 1.807) is 13.8 Å². The van der Waals surface area contributed by atoms with Crippen molar-refractivity contribution in [3.63, 3.8) is 0 Å². The van der Waals surface area contributed by atoms with Crippen molar-refractivity contribution >= 4 is 11.9 Å². The molecule has 7 heteroatoms. The van der Waals surface area contributed by atoms with E-state index in [0.29, 0.717) is 0 Å². The first-order valence-corrected chi connectivity index (χ1v) is 5.53. The molecule has 0 aliphatic carbocycles. The Morgan fingerprint density at radius 2 is 2.11 bits per heavy atom. The van der Waals surface area contributed by atoms with Gasteiger partial charge >= 0.3 is 5.97 Å². The molecule has 1 heterocycles. The Morgan fingerprint density at radius 3 is 2.56 bits per heavy atom. The molecule has 0 aromatic heterocycles. The Kier molecular flexibility index (Phi) is 4.69. The highest BCUT2D eigenvalue weighted by molar-refractivity contribution is 5.84. The largest absolute Gasteiger partial charge is 0.475 e. The second-order valence-electron chi connectivity index (χ2n) is 4.22. The van der Waals surface area contributed by atoms with Gasteiger partial charge in [0.05, 0.1) is 6.10 Å². The molecule has 3 atom stereocenters. The van der Waals surface area contributed by atoms with Crippen molar-refractivity contribution in [2.24, 2.45) is 0 Å². The van der Waals surface area contributed by atoms with Crippen LogP contribution in [0.5, 0.6) is 0 Å². The van der Waals surface area contributed by atoms with Crippen molar-refractivity contribution in [1.82, 2.24) is 5.32 Å². The number of hydrogen-bond donors (Lipinski definition) is 3. The number of carbonyl (C=O) groups excluding carboxylic acids is 1. The van der Waals surface area contributed by atoms with Crippen LogP contribution >= 0.6 is 0 Å². The second-order valence-corrected chi connectivity index (χ2v) is 4.22. The van der Waals surface area contributed by atoms with Crippen molar-refractivity contribution in [2.75, 3.05) is 0 Å². The van der Waals surface area contributed by atoms with Gasteiger partial charge in [0, 0.05) is 6.92 Å². The summed E-state index contributed by atoms with van der Waals surface area (Å²) in [6, 6.07) is -0.840. The molecule has 7 nitrogen and oxygen atoms in total. The molecule has 0 bridgehead atoms. The second kappa shape index (κ2) is 5.83. The van der Waals surface area contributed by atoms with Gasteiger partial charge in [0.1, 0.15) is 12.1 Å². The molecule has 0 spiro atoms. The van der Waals surface area contributed by atoms with Crippen LogP contribution in [0.1, 0.15) is 20.8 Å². The van der Waals surface area contributed by atoms with Crippen LogP contribution in [-0.4, -0.2) is 46.6 Å². The highest BCUT2D eigenvalue weighted by Crippen LogP contribution is 2.20. The minimum atomic E-state index is -1.30. The molecule has 0 unspecified atom stereocenters. The topological polar surface area (TPSA) is 105 Å². The van der Waals surface area contributed by atoms with E-state index in [1.165, 1.54) is 6.92 Å². The minimum Gasteiger partial charge on any atom is -0.475 e. The monoisotopic (exact) mass is 259 g/mol. The molecule has 0 radical (unpaired) electrons. The summed E-state index contributed by atoms with van der Waals surface area (Å²) in [5, 5.41) is 21.1. The van der Waals surface area contributed by atoms with Crippen LogP contribution in [0, 0.1) is 0 Å². The van der Waals surface area contributed by atoms with Crippen molar-refractivity contribution in [2.45, 2.75) is 45.3 Å². The van der Waals surface area contributed by atoms with Crippen molar-refractivity contribution in [1.29, 1.82) is 0 Å². The first-order valence-electron chi connectivity index (χ1n) is 5.53. The maximum Gasteiger partial charge on any atom is 0.371 e. The van der Waals surface area contributed by atoms with E-state index in [9.17, 15) is 14.7 Å². The Balaban J connectivity index is 2.91. The van der Waals surface area contributed by atoms with Crippen LogP contribution in [0.25, 0.3) is 0 Å². The smallest absolute Gasteiger partial charge is 0.371 e. The van der Waals surface area contributed by atoms with Gasteiger partial charge in [-0.05, 0) is 19.9 Å². The van der Waals surface area contributed by atoms with Crippen molar-refractivity contribution < 1.29 is 29.3 Å². The van der Waals surface area contributed by atoms with E-state index < -0.39 is 30.2 Å². The predicted octanol–water partition coefficient (Wildman–Crippen LogP) is -0.398. The van der Waals surface area contributed by atoms with Gasteiger partial charge < -0.3 is 25.0 Å². The Labute approximate surface area is 104 Å². The molecule has 3 N–H and O–H groups in total. The van der Waals surface area contributed by atoms with Crippen molar-refractivity contribution in [3.05, 3.63) is 11.8 Å². The third kappa shape index (κ3) is 3.71. The van der Waals surface area contributed by atoms with E-state index in [1.807, 2.05) is 0 Å². The van der Waals surface area contributed by atoms with Gasteiger partial charge in [0.15, 0.2) is 0 Å². The molecule has 0 fully saturated rings. The fourth-order valence-electron chi connectivity index (χ4n) is 1.55. The molecule has 18 heavy (non-hydrogen) atoms. The lowest BCUT2D eigenvalue weighted by molar-refractivity contribution is -0.187. The minimum absolute atomic E-state index is 0.244. The fourth-order valence-corrected chi connectivity index (χ4v) is 1.55. The quantitative estimate of drug-likeness (QED) is 0.634. The average molecular weight is 259 g/mol. The third-order valence-electron chi connectivity index (χ3n) is 2.21. The summed E-state index contributed by atoms with van der Waals surface area (Å²) in [5.74, 6) is -2.06. The molecule has 1 aliphatic rings. The van der Waals surface area contributed by atoms with Crippen molar-refractivity contribution in [3.8, 4) is 0 Å². The molecule has 102 valence electrons. The summed E-state index contributed by atoms with van der Waals surface area (Å²) < 4.78 is 10.5. The Bertz CT molecular complexity index is 365. The van der Waals surface area contributed by atoms with E-state index >= 15 is 0 Å². The van der Waals surface area contributed by atoms with Gasteiger partial charge in [-0.25, -0.2) is 4.79 Å². The number of carboxylic acids is 1. The van der Waals surface area contributed by atoms with E-state index in [4.69, 9.17) is 14.6 Å². The van der Waals surface area contributed by atoms with Crippen LogP contribution < -0.4 is 5.32 Å². The number of rotatable bonds is 4. The zero-order valence-electron chi connectivity index (χ0n) is 10.4. The summed E-state index contributed by atoms with van der Waals surface area (Å²) in [4.78, 5) is 21.8. The SMILES string of the molecule is CC(=O)N[C@H]1[C@H](OC(C)C)OC(C(=O)O)=C[C@@H]1O. The normalized spacial score (nSPS) is 27.4. The number of aliphatic hydroxyl groups is 1.